The zero-order chi connectivity index (χ0) is 13.5. The summed E-state index contributed by atoms with van der Waals surface area (Å²) in [5.41, 5.74) is 5.12. The van der Waals surface area contributed by atoms with Gasteiger partial charge in [0.05, 0.1) is 5.56 Å². The number of hydrogen-bond donors (Lipinski definition) is 3. The minimum atomic E-state index is -0.394. The van der Waals surface area contributed by atoms with E-state index in [0.29, 0.717) is 30.8 Å². The fourth-order valence-corrected chi connectivity index (χ4v) is 1.58. The van der Waals surface area contributed by atoms with Crippen LogP contribution in [0.1, 0.15) is 29.6 Å². The van der Waals surface area contributed by atoms with E-state index in [1.807, 2.05) is 0 Å². The van der Waals surface area contributed by atoms with Gasteiger partial charge in [0.15, 0.2) is 0 Å². The molecule has 1 rings (SSSR count). The predicted octanol–water partition coefficient (Wildman–Crippen LogP) is 1.43. The van der Waals surface area contributed by atoms with Gasteiger partial charge in [0.25, 0.3) is 5.91 Å². The fourth-order valence-electron chi connectivity index (χ4n) is 1.41. The number of halogens is 1. The summed E-state index contributed by atoms with van der Waals surface area (Å²) < 4.78 is 0. The third-order valence-corrected chi connectivity index (χ3v) is 2.57. The molecule has 1 aromatic rings. The molecule has 2 amide bonds. The van der Waals surface area contributed by atoms with E-state index in [-0.39, 0.29) is 17.2 Å². The van der Waals surface area contributed by atoms with Crippen LogP contribution in [-0.2, 0) is 4.79 Å². The van der Waals surface area contributed by atoms with Crippen LogP contribution in [0, 0.1) is 0 Å². The molecule has 0 fully saturated rings. The van der Waals surface area contributed by atoms with Crippen LogP contribution in [0.3, 0.4) is 0 Å². The highest BCUT2D eigenvalue weighted by Crippen LogP contribution is 2.21. The highest BCUT2D eigenvalue weighted by Gasteiger charge is 2.10. The Morgan fingerprint density at radius 1 is 1.33 bits per heavy atom. The maximum absolute atomic E-state index is 11.7. The Morgan fingerprint density at radius 2 is 2.06 bits per heavy atom. The van der Waals surface area contributed by atoms with E-state index >= 15 is 0 Å². The third kappa shape index (κ3) is 4.63. The summed E-state index contributed by atoms with van der Waals surface area (Å²) in [6, 6.07) is 4.26. The molecule has 0 aromatic heterocycles. The molecule has 18 heavy (non-hydrogen) atoms. The normalized spacial score (nSPS) is 10.1. The number of hydrogen-bond acceptors (Lipinski definition) is 3. The molecule has 0 aliphatic rings. The van der Waals surface area contributed by atoms with Crippen LogP contribution < -0.4 is 11.1 Å². The fraction of sp³-hybridized carbons (Fsp3) is 0.333. The lowest BCUT2D eigenvalue weighted by atomic mass is 10.2. The summed E-state index contributed by atoms with van der Waals surface area (Å²) in [4.78, 5) is 22.2. The molecule has 0 spiro atoms. The molecule has 6 heteroatoms. The van der Waals surface area contributed by atoms with Gasteiger partial charge in [-0.3, -0.25) is 9.59 Å². The number of primary amides is 1. The first kappa shape index (κ1) is 14.3. The number of phenolic OH excluding ortho intramolecular Hbond substituents is 1. The van der Waals surface area contributed by atoms with Crippen molar-refractivity contribution in [1.29, 1.82) is 0 Å². The molecule has 98 valence electrons. The molecule has 0 aliphatic carbocycles. The molecule has 0 saturated heterocycles. The van der Waals surface area contributed by atoms with Crippen LogP contribution in [-0.4, -0.2) is 23.5 Å². The molecule has 4 N–H and O–H groups in total. The summed E-state index contributed by atoms with van der Waals surface area (Å²) in [5, 5.41) is 12.5. The number of aromatic hydroxyl groups is 1. The maximum Gasteiger partial charge on any atom is 0.255 e. The van der Waals surface area contributed by atoms with Crippen LogP contribution >= 0.6 is 11.6 Å². The number of amides is 2. The highest BCUT2D eigenvalue weighted by molar-refractivity contribution is 6.31. The SMILES string of the molecule is NC(=O)CCCCNC(=O)c1cc(Cl)ccc1O. The van der Waals surface area contributed by atoms with Crippen molar-refractivity contribution in [3.63, 3.8) is 0 Å². The van der Waals surface area contributed by atoms with Crippen molar-refractivity contribution in [2.45, 2.75) is 19.3 Å². The molecular formula is C12H15ClN2O3. The van der Waals surface area contributed by atoms with Crippen molar-refractivity contribution in [2.24, 2.45) is 5.73 Å². The van der Waals surface area contributed by atoms with Gasteiger partial charge in [-0.1, -0.05) is 11.6 Å². The van der Waals surface area contributed by atoms with Gasteiger partial charge in [-0.2, -0.15) is 0 Å². The number of nitrogens with two attached hydrogens (primary N) is 1. The average Bonchev–Trinajstić information content (AvgIpc) is 2.31. The summed E-state index contributed by atoms with van der Waals surface area (Å²) in [7, 11) is 0. The van der Waals surface area contributed by atoms with Gasteiger partial charge in [-0.05, 0) is 31.0 Å². The van der Waals surface area contributed by atoms with Gasteiger partial charge in [0, 0.05) is 18.0 Å². The molecule has 5 nitrogen and oxygen atoms in total. The number of nitrogens with one attached hydrogen (secondary N) is 1. The van der Waals surface area contributed by atoms with Crippen molar-refractivity contribution < 1.29 is 14.7 Å². The van der Waals surface area contributed by atoms with Crippen molar-refractivity contribution in [1.82, 2.24) is 5.32 Å². The monoisotopic (exact) mass is 270 g/mol. The third-order valence-electron chi connectivity index (χ3n) is 2.34. The Kier molecular flexibility index (Phi) is 5.45. The Bertz CT molecular complexity index is 449. The van der Waals surface area contributed by atoms with Crippen LogP contribution in [0.15, 0.2) is 18.2 Å². The minimum absolute atomic E-state index is 0.117. The first-order valence-electron chi connectivity index (χ1n) is 5.55. The Hall–Kier alpha value is -1.75. The van der Waals surface area contributed by atoms with Gasteiger partial charge < -0.3 is 16.2 Å². The van der Waals surface area contributed by atoms with Crippen molar-refractivity contribution in [3.8, 4) is 5.75 Å². The maximum atomic E-state index is 11.7. The quantitative estimate of drug-likeness (QED) is 0.683. The first-order valence-corrected chi connectivity index (χ1v) is 5.93. The van der Waals surface area contributed by atoms with Gasteiger partial charge in [-0.15, -0.1) is 0 Å². The molecule has 0 saturated carbocycles. The Balaban J connectivity index is 2.41. The molecular weight excluding hydrogens is 256 g/mol. The standard InChI is InChI=1S/C12H15ClN2O3/c13-8-4-5-10(16)9(7-8)12(18)15-6-2-1-3-11(14)17/h4-5,7,16H,1-3,6H2,(H2,14,17)(H,15,18). The predicted molar refractivity (Wildman–Crippen MR) is 68.5 cm³/mol. The van der Waals surface area contributed by atoms with Crippen LogP contribution in [0.25, 0.3) is 0 Å². The summed E-state index contributed by atoms with van der Waals surface area (Å²) >= 11 is 5.74. The van der Waals surface area contributed by atoms with E-state index in [2.05, 4.69) is 5.32 Å². The second-order valence-corrected chi connectivity index (χ2v) is 4.28. The molecule has 0 radical (unpaired) electrons. The lowest BCUT2D eigenvalue weighted by molar-refractivity contribution is -0.118. The summed E-state index contributed by atoms with van der Waals surface area (Å²) in [6.45, 7) is 0.415. The number of phenols is 1. The smallest absolute Gasteiger partial charge is 0.255 e. The molecule has 0 unspecified atom stereocenters. The highest BCUT2D eigenvalue weighted by atomic mass is 35.5. The minimum Gasteiger partial charge on any atom is -0.507 e. The van der Waals surface area contributed by atoms with Gasteiger partial charge in [0.2, 0.25) is 5.91 Å². The largest absolute Gasteiger partial charge is 0.507 e. The van der Waals surface area contributed by atoms with E-state index in [1.54, 1.807) is 0 Å². The number of rotatable bonds is 6. The number of unbranched alkanes of at least 4 members (excludes halogenated alkanes) is 1. The topological polar surface area (TPSA) is 92.4 Å². The van der Waals surface area contributed by atoms with Crippen LogP contribution in [0.5, 0.6) is 5.75 Å². The van der Waals surface area contributed by atoms with Crippen LogP contribution in [0.2, 0.25) is 5.02 Å². The molecule has 0 heterocycles. The zero-order valence-corrected chi connectivity index (χ0v) is 10.5. The molecule has 0 aliphatic heterocycles. The van der Waals surface area contributed by atoms with E-state index in [0.717, 1.165) is 0 Å². The number of benzene rings is 1. The van der Waals surface area contributed by atoms with Gasteiger partial charge in [0.1, 0.15) is 5.75 Å². The first-order chi connectivity index (χ1) is 8.50. The second-order valence-electron chi connectivity index (χ2n) is 3.84. The van der Waals surface area contributed by atoms with Crippen LogP contribution in [0.4, 0.5) is 0 Å². The lowest BCUT2D eigenvalue weighted by Gasteiger charge is -2.06. The number of carbonyl (C=O) groups excluding carboxylic acids is 2. The van der Waals surface area contributed by atoms with Gasteiger partial charge in [-0.25, -0.2) is 0 Å². The second kappa shape index (κ2) is 6.86. The Labute approximate surface area is 110 Å². The van der Waals surface area contributed by atoms with E-state index in [4.69, 9.17) is 17.3 Å². The van der Waals surface area contributed by atoms with Gasteiger partial charge >= 0.3 is 0 Å². The lowest BCUT2D eigenvalue weighted by Crippen LogP contribution is -2.24. The summed E-state index contributed by atoms with van der Waals surface area (Å²) in [6.07, 6.45) is 1.57. The average molecular weight is 271 g/mol. The molecule has 0 atom stereocenters. The summed E-state index contributed by atoms with van der Waals surface area (Å²) in [5.74, 6) is -0.864. The van der Waals surface area contributed by atoms with E-state index in [1.165, 1.54) is 18.2 Å². The Morgan fingerprint density at radius 3 is 2.72 bits per heavy atom. The van der Waals surface area contributed by atoms with Crippen molar-refractivity contribution >= 4 is 23.4 Å². The number of carbonyl (C=O) groups is 2. The van der Waals surface area contributed by atoms with E-state index in [9.17, 15) is 14.7 Å². The van der Waals surface area contributed by atoms with E-state index < -0.39 is 5.91 Å². The van der Waals surface area contributed by atoms with Crippen molar-refractivity contribution in [2.75, 3.05) is 6.54 Å². The molecule has 0 bridgehead atoms. The molecule has 1 aromatic carbocycles. The zero-order valence-electron chi connectivity index (χ0n) is 9.78. The van der Waals surface area contributed by atoms with Crippen molar-refractivity contribution in [3.05, 3.63) is 28.8 Å².